The standard InChI is InChI=1S/C34H39N7O6/c1-20-14-21(2)38-30(15-20)40-29-16-25(36-19-26(39-34(44)45)18-35-22(3)42)17-37-32(29)33(43)41-31(23-6-10-27(46-4)11-7-23)24-8-12-28(47-5)13-9-24/h6-17,26,31,36,39H,18-19H2,1-5H3,(H,35,42)(H,38,40)(H,41,43)(H,44,45). The van der Waals surface area contributed by atoms with Gasteiger partial charge in [-0.15, -0.1) is 0 Å². The van der Waals surface area contributed by atoms with Gasteiger partial charge < -0.3 is 41.2 Å². The molecule has 2 aromatic carbocycles. The van der Waals surface area contributed by atoms with Gasteiger partial charge in [-0.1, -0.05) is 24.3 Å². The Balaban J connectivity index is 1.67. The van der Waals surface area contributed by atoms with E-state index in [0.717, 1.165) is 22.4 Å². The van der Waals surface area contributed by atoms with E-state index in [1.165, 1.54) is 13.1 Å². The largest absolute Gasteiger partial charge is 0.497 e. The molecule has 13 nitrogen and oxygen atoms in total. The number of carboxylic acid groups (broad SMARTS) is 1. The van der Waals surface area contributed by atoms with Gasteiger partial charge in [-0.2, -0.15) is 0 Å². The predicted octanol–water partition coefficient (Wildman–Crippen LogP) is 4.56. The van der Waals surface area contributed by atoms with E-state index in [4.69, 9.17) is 9.47 Å². The molecule has 2 heterocycles. The summed E-state index contributed by atoms with van der Waals surface area (Å²) in [5.41, 5.74) is 4.41. The highest BCUT2D eigenvalue weighted by Gasteiger charge is 2.22. The third kappa shape index (κ3) is 9.82. The summed E-state index contributed by atoms with van der Waals surface area (Å²) in [5, 5.41) is 23.8. The maximum absolute atomic E-state index is 14.0. The van der Waals surface area contributed by atoms with E-state index in [1.807, 2.05) is 74.5 Å². The number of amides is 3. The first-order valence-electron chi connectivity index (χ1n) is 14.8. The Bertz CT molecular complexity index is 1630. The first-order valence-corrected chi connectivity index (χ1v) is 14.8. The summed E-state index contributed by atoms with van der Waals surface area (Å²) in [4.78, 5) is 45.8. The quantitative estimate of drug-likeness (QED) is 0.114. The number of anilines is 3. The van der Waals surface area contributed by atoms with Gasteiger partial charge in [0.05, 0.1) is 43.9 Å². The Morgan fingerprint density at radius 2 is 1.47 bits per heavy atom. The zero-order chi connectivity index (χ0) is 33.9. The van der Waals surface area contributed by atoms with E-state index in [0.29, 0.717) is 28.7 Å². The second kappa shape index (κ2) is 15.9. The van der Waals surface area contributed by atoms with E-state index in [1.54, 1.807) is 20.3 Å². The van der Waals surface area contributed by atoms with Crippen LogP contribution in [0.2, 0.25) is 0 Å². The SMILES string of the molecule is COc1ccc(C(NC(=O)c2ncc(NCC(CNC(C)=O)NC(=O)O)cc2Nc2cc(C)cc(C)n2)c2ccc(OC)cc2)cc1. The molecule has 0 radical (unpaired) electrons. The fraction of sp³-hybridized carbons (Fsp3) is 0.265. The van der Waals surface area contributed by atoms with Crippen LogP contribution in [-0.2, 0) is 4.79 Å². The van der Waals surface area contributed by atoms with Gasteiger partial charge in [0.15, 0.2) is 5.69 Å². The van der Waals surface area contributed by atoms with Gasteiger partial charge in [0.25, 0.3) is 5.91 Å². The molecule has 1 unspecified atom stereocenters. The molecule has 2 aromatic heterocycles. The molecular formula is C34H39N7O6. The number of hydrogen-bond donors (Lipinski definition) is 6. The van der Waals surface area contributed by atoms with Crippen molar-refractivity contribution in [3.8, 4) is 11.5 Å². The van der Waals surface area contributed by atoms with Crippen molar-refractivity contribution in [1.82, 2.24) is 25.9 Å². The molecule has 0 aliphatic rings. The fourth-order valence-electron chi connectivity index (χ4n) is 4.89. The molecule has 6 N–H and O–H groups in total. The van der Waals surface area contributed by atoms with Crippen LogP contribution < -0.4 is 36.1 Å². The van der Waals surface area contributed by atoms with Gasteiger partial charge in [-0.25, -0.2) is 14.8 Å². The van der Waals surface area contributed by atoms with E-state index in [-0.39, 0.29) is 24.7 Å². The highest BCUT2D eigenvalue weighted by molar-refractivity contribution is 5.99. The average molecular weight is 642 g/mol. The molecule has 246 valence electrons. The lowest BCUT2D eigenvalue weighted by atomic mass is 9.98. The number of aromatic nitrogens is 2. The van der Waals surface area contributed by atoms with Gasteiger partial charge in [-0.05, 0) is 73.0 Å². The molecule has 0 bridgehead atoms. The highest BCUT2D eigenvalue weighted by atomic mass is 16.5. The normalized spacial score (nSPS) is 11.3. The van der Waals surface area contributed by atoms with E-state index < -0.39 is 24.1 Å². The maximum atomic E-state index is 14.0. The van der Waals surface area contributed by atoms with Crippen molar-refractivity contribution >= 4 is 35.1 Å². The van der Waals surface area contributed by atoms with Crippen LogP contribution in [0.4, 0.5) is 22.0 Å². The molecule has 0 saturated heterocycles. The molecule has 13 heteroatoms. The number of carbonyl (C=O) groups is 3. The summed E-state index contributed by atoms with van der Waals surface area (Å²) >= 11 is 0. The minimum absolute atomic E-state index is 0.0816. The van der Waals surface area contributed by atoms with Crippen LogP contribution in [0.15, 0.2) is 72.9 Å². The van der Waals surface area contributed by atoms with Crippen molar-refractivity contribution in [2.24, 2.45) is 0 Å². The molecule has 0 saturated carbocycles. The number of pyridine rings is 2. The van der Waals surface area contributed by atoms with Crippen LogP contribution in [-0.4, -0.2) is 66.3 Å². The van der Waals surface area contributed by atoms with E-state index in [9.17, 15) is 19.5 Å². The predicted molar refractivity (Wildman–Crippen MR) is 179 cm³/mol. The van der Waals surface area contributed by atoms with Gasteiger partial charge in [0.2, 0.25) is 5.91 Å². The molecule has 1 atom stereocenters. The Morgan fingerprint density at radius 1 is 0.851 bits per heavy atom. The summed E-state index contributed by atoms with van der Waals surface area (Å²) in [6, 6.07) is 19.2. The zero-order valence-corrected chi connectivity index (χ0v) is 26.9. The number of benzene rings is 2. The van der Waals surface area contributed by atoms with E-state index >= 15 is 0 Å². The zero-order valence-electron chi connectivity index (χ0n) is 26.9. The number of rotatable bonds is 14. The van der Waals surface area contributed by atoms with Gasteiger partial charge in [0.1, 0.15) is 17.3 Å². The van der Waals surface area contributed by atoms with Crippen LogP contribution in [0.5, 0.6) is 11.5 Å². The summed E-state index contributed by atoms with van der Waals surface area (Å²) in [6.07, 6.45) is 0.264. The van der Waals surface area contributed by atoms with Crippen molar-refractivity contribution in [3.63, 3.8) is 0 Å². The van der Waals surface area contributed by atoms with Gasteiger partial charge in [-0.3, -0.25) is 9.59 Å². The molecule has 4 aromatic rings. The molecule has 47 heavy (non-hydrogen) atoms. The highest BCUT2D eigenvalue weighted by Crippen LogP contribution is 2.28. The smallest absolute Gasteiger partial charge is 0.405 e. The fourth-order valence-corrected chi connectivity index (χ4v) is 4.89. The number of nitrogens with one attached hydrogen (secondary N) is 5. The number of carbonyl (C=O) groups excluding carboxylic acids is 2. The number of methoxy groups -OCH3 is 2. The second-order valence-corrected chi connectivity index (χ2v) is 10.8. The Hall–Kier alpha value is -5.85. The van der Waals surface area contributed by atoms with Crippen LogP contribution in [0.3, 0.4) is 0 Å². The lowest BCUT2D eigenvalue weighted by Gasteiger charge is -2.22. The second-order valence-electron chi connectivity index (χ2n) is 10.8. The minimum Gasteiger partial charge on any atom is -0.497 e. The van der Waals surface area contributed by atoms with Crippen molar-refractivity contribution in [1.29, 1.82) is 0 Å². The minimum atomic E-state index is -1.22. The monoisotopic (exact) mass is 641 g/mol. The molecule has 0 fully saturated rings. The molecule has 0 aliphatic heterocycles. The van der Waals surface area contributed by atoms with Crippen LogP contribution in [0.25, 0.3) is 0 Å². The molecule has 4 rings (SSSR count). The van der Waals surface area contributed by atoms with Crippen LogP contribution in [0.1, 0.15) is 45.8 Å². The summed E-state index contributed by atoms with van der Waals surface area (Å²) in [7, 11) is 3.18. The van der Waals surface area contributed by atoms with Gasteiger partial charge in [0, 0.05) is 25.7 Å². The Morgan fingerprint density at radius 3 is 2.00 bits per heavy atom. The van der Waals surface area contributed by atoms with Gasteiger partial charge >= 0.3 is 6.09 Å². The van der Waals surface area contributed by atoms with Crippen molar-refractivity contribution in [3.05, 3.63) is 101 Å². The Kier molecular flexibility index (Phi) is 11.5. The average Bonchev–Trinajstić information content (AvgIpc) is 3.04. The first kappa shape index (κ1) is 34.0. The van der Waals surface area contributed by atoms with E-state index in [2.05, 4.69) is 36.6 Å². The third-order valence-electron chi connectivity index (χ3n) is 7.11. The van der Waals surface area contributed by atoms with Crippen molar-refractivity contribution in [2.75, 3.05) is 37.9 Å². The lowest BCUT2D eigenvalue weighted by molar-refractivity contribution is -0.119. The molecular weight excluding hydrogens is 602 g/mol. The topological polar surface area (TPSA) is 176 Å². The van der Waals surface area contributed by atoms with Crippen molar-refractivity contribution in [2.45, 2.75) is 32.9 Å². The summed E-state index contributed by atoms with van der Waals surface area (Å²) < 4.78 is 10.7. The third-order valence-corrected chi connectivity index (χ3v) is 7.11. The maximum Gasteiger partial charge on any atom is 0.405 e. The number of ether oxygens (including phenoxy) is 2. The molecule has 0 aliphatic carbocycles. The summed E-state index contributed by atoms with van der Waals surface area (Å²) in [5.74, 6) is 1.16. The van der Waals surface area contributed by atoms with Crippen molar-refractivity contribution < 1.29 is 29.0 Å². The first-order chi connectivity index (χ1) is 22.5. The number of hydrogen-bond acceptors (Lipinski definition) is 9. The molecule has 0 spiro atoms. The molecule has 3 amide bonds. The lowest BCUT2D eigenvalue weighted by Crippen LogP contribution is -2.46. The van der Waals surface area contributed by atoms with Crippen LogP contribution in [0, 0.1) is 13.8 Å². The van der Waals surface area contributed by atoms with Crippen LogP contribution >= 0.6 is 0 Å². The number of nitrogens with zero attached hydrogens (tertiary/aromatic N) is 2. The Labute approximate surface area is 273 Å². The number of aryl methyl sites for hydroxylation is 2. The summed E-state index contributed by atoms with van der Waals surface area (Å²) in [6.45, 7) is 5.39.